The average molecular weight is 162 g/mol. The first kappa shape index (κ1) is 7.66. The SMILES string of the molecule is CCC1N(Cl)C=NN1CC. The Balaban J connectivity index is 2.53. The van der Waals surface area contributed by atoms with E-state index in [1.165, 1.54) is 0 Å². The standard InChI is InChI=1S/C6H12ClN3/c1-3-6-9(7)5-8-10(6)4-2/h5-6H,3-4H2,1-2H3. The molecule has 0 saturated heterocycles. The quantitative estimate of drug-likeness (QED) is 0.571. The van der Waals surface area contributed by atoms with Gasteiger partial charge in [-0.1, -0.05) is 6.92 Å². The summed E-state index contributed by atoms with van der Waals surface area (Å²) < 4.78 is 1.61. The molecule has 0 aromatic rings. The lowest BCUT2D eigenvalue weighted by Gasteiger charge is -2.23. The molecule has 1 atom stereocenters. The smallest absolute Gasteiger partial charge is 0.134 e. The zero-order valence-corrected chi connectivity index (χ0v) is 7.04. The molecule has 1 heterocycles. The van der Waals surface area contributed by atoms with Gasteiger partial charge in [0.2, 0.25) is 0 Å². The van der Waals surface area contributed by atoms with Crippen LogP contribution in [0, 0.1) is 0 Å². The Labute approximate surface area is 66.4 Å². The Morgan fingerprint density at radius 2 is 2.30 bits per heavy atom. The molecule has 1 aliphatic rings. The van der Waals surface area contributed by atoms with Crippen LogP contribution in [0.5, 0.6) is 0 Å². The Morgan fingerprint density at radius 3 is 2.70 bits per heavy atom. The van der Waals surface area contributed by atoms with Crippen LogP contribution in [0.1, 0.15) is 20.3 Å². The van der Waals surface area contributed by atoms with Gasteiger partial charge in [0.15, 0.2) is 0 Å². The van der Waals surface area contributed by atoms with Crippen molar-refractivity contribution in [3.63, 3.8) is 0 Å². The van der Waals surface area contributed by atoms with Gasteiger partial charge in [0, 0.05) is 18.3 Å². The molecular formula is C6H12ClN3. The van der Waals surface area contributed by atoms with E-state index >= 15 is 0 Å². The third-order valence-corrected chi connectivity index (χ3v) is 1.94. The van der Waals surface area contributed by atoms with Crippen LogP contribution in [0.4, 0.5) is 0 Å². The highest BCUT2D eigenvalue weighted by atomic mass is 35.5. The predicted octanol–water partition coefficient (Wildman–Crippen LogP) is 1.46. The summed E-state index contributed by atoms with van der Waals surface area (Å²) in [6, 6.07) is 0. The number of hydrogen-bond donors (Lipinski definition) is 0. The second-order valence-electron chi connectivity index (χ2n) is 2.22. The molecule has 0 aliphatic carbocycles. The van der Waals surface area contributed by atoms with E-state index in [-0.39, 0.29) is 6.17 Å². The van der Waals surface area contributed by atoms with Gasteiger partial charge in [-0.2, -0.15) is 5.10 Å². The lowest BCUT2D eigenvalue weighted by Crippen LogP contribution is -2.33. The van der Waals surface area contributed by atoms with Crippen molar-refractivity contribution in [2.45, 2.75) is 26.4 Å². The zero-order valence-electron chi connectivity index (χ0n) is 6.29. The number of hydrazone groups is 1. The van der Waals surface area contributed by atoms with Crippen molar-refractivity contribution in [2.24, 2.45) is 5.10 Å². The fraction of sp³-hybridized carbons (Fsp3) is 0.833. The van der Waals surface area contributed by atoms with Crippen molar-refractivity contribution in [1.82, 2.24) is 9.43 Å². The summed E-state index contributed by atoms with van der Waals surface area (Å²) in [6.07, 6.45) is 2.91. The highest BCUT2D eigenvalue weighted by molar-refractivity contribution is 6.19. The van der Waals surface area contributed by atoms with Crippen molar-refractivity contribution in [3.8, 4) is 0 Å². The van der Waals surface area contributed by atoms with Gasteiger partial charge < -0.3 is 0 Å². The molecule has 0 aromatic carbocycles. The number of nitrogens with zero attached hydrogens (tertiary/aromatic N) is 3. The molecule has 0 radical (unpaired) electrons. The summed E-state index contributed by atoms with van der Waals surface area (Å²) in [7, 11) is 0. The van der Waals surface area contributed by atoms with Crippen LogP contribution in [-0.2, 0) is 0 Å². The lowest BCUT2D eigenvalue weighted by atomic mass is 10.4. The monoisotopic (exact) mass is 161 g/mol. The summed E-state index contributed by atoms with van der Waals surface area (Å²) in [5, 5.41) is 6.06. The average Bonchev–Trinajstić information content (AvgIpc) is 2.30. The molecule has 1 aliphatic heterocycles. The van der Waals surface area contributed by atoms with Crippen molar-refractivity contribution < 1.29 is 0 Å². The maximum atomic E-state index is 5.79. The van der Waals surface area contributed by atoms with E-state index in [0.29, 0.717) is 0 Å². The van der Waals surface area contributed by atoms with Gasteiger partial charge in [-0.05, 0) is 13.3 Å². The highest BCUT2D eigenvalue weighted by Gasteiger charge is 2.22. The van der Waals surface area contributed by atoms with Gasteiger partial charge in [0.05, 0.1) is 0 Å². The van der Waals surface area contributed by atoms with Gasteiger partial charge in [-0.25, -0.2) is 4.42 Å². The Bertz CT molecular complexity index is 137. The van der Waals surface area contributed by atoms with Crippen LogP contribution in [0.2, 0.25) is 0 Å². The van der Waals surface area contributed by atoms with Crippen LogP contribution in [0.25, 0.3) is 0 Å². The maximum Gasteiger partial charge on any atom is 0.134 e. The van der Waals surface area contributed by atoms with Crippen LogP contribution in [0.15, 0.2) is 5.10 Å². The fourth-order valence-corrected chi connectivity index (χ4v) is 1.35. The molecule has 4 heteroatoms. The molecule has 58 valence electrons. The first-order valence-electron chi connectivity index (χ1n) is 3.54. The first-order chi connectivity index (χ1) is 4.79. The minimum atomic E-state index is 0.256. The van der Waals surface area contributed by atoms with Gasteiger partial charge >= 0.3 is 0 Å². The Hall–Kier alpha value is -0.440. The summed E-state index contributed by atoms with van der Waals surface area (Å²) in [4.78, 5) is 0. The Kier molecular flexibility index (Phi) is 2.38. The normalized spacial score (nSPS) is 24.5. The van der Waals surface area contributed by atoms with E-state index in [0.717, 1.165) is 13.0 Å². The molecule has 0 spiro atoms. The lowest BCUT2D eigenvalue weighted by molar-refractivity contribution is 0.180. The van der Waals surface area contributed by atoms with Crippen LogP contribution < -0.4 is 0 Å². The Morgan fingerprint density at radius 1 is 1.60 bits per heavy atom. The number of rotatable bonds is 2. The van der Waals surface area contributed by atoms with E-state index in [9.17, 15) is 0 Å². The fourth-order valence-electron chi connectivity index (χ4n) is 1.07. The molecule has 1 rings (SSSR count). The molecule has 0 aromatic heterocycles. The minimum Gasteiger partial charge on any atom is -0.272 e. The molecule has 3 nitrogen and oxygen atoms in total. The second kappa shape index (κ2) is 3.10. The van der Waals surface area contributed by atoms with Gasteiger partial charge in [-0.3, -0.25) is 5.01 Å². The third-order valence-electron chi connectivity index (χ3n) is 1.63. The van der Waals surface area contributed by atoms with Crippen molar-refractivity contribution in [3.05, 3.63) is 0 Å². The molecule has 0 amide bonds. The summed E-state index contributed by atoms with van der Waals surface area (Å²) >= 11 is 5.79. The molecule has 0 bridgehead atoms. The summed E-state index contributed by atoms with van der Waals surface area (Å²) in [5.74, 6) is 0. The molecular weight excluding hydrogens is 150 g/mol. The molecule has 1 unspecified atom stereocenters. The topological polar surface area (TPSA) is 18.8 Å². The van der Waals surface area contributed by atoms with Crippen molar-refractivity contribution in [1.29, 1.82) is 0 Å². The molecule has 0 fully saturated rings. The van der Waals surface area contributed by atoms with Crippen molar-refractivity contribution >= 4 is 18.1 Å². The number of hydrogen-bond acceptors (Lipinski definition) is 3. The number of halogens is 1. The summed E-state index contributed by atoms with van der Waals surface area (Å²) in [6.45, 7) is 5.08. The first-order valence-corrected chi connectivity index (χ1v) is 3.88. The van der Waals surface area contributed by atoms with Crippen LogP contribution in [0.3, 0.4) is 0 Å². The largest absolute Gasteiger partial charge is 0.272 e. The van der Waals surface area contributed by atoms with Gasteiger partial charge in [0.1, 0.15) is 12.5 Å². The van der Waals surface area contributed by atoms with E-state index < -0.39 is 0 Å². The van der Waals surface area contributed by atoms with Crippen LogP contribution in [-0.4, -0.2) is 28.5 Å². The molecule has 0 N–H and O–H groups in total. The van der Waals surface area contributed by atoms with E-state index in [2.05, 4.69) is 18.9 Å². The zero-order chi connectivity index (χ0) is 7.56. The minimum absolute atomic E-state index is 0.256. The van der Waals surface area contributed by atoms with Gasteiger partial charge in [-0.15, -0.1) is 0 Å². The predicted molar refractivity (Wildman–Crippen MR) is 42.6 cm³/mol. The maximum absolute atomic E-state index is 5.79. The van der Waals surface area contributed by atoms with E-state index in [1.54, 1.807) is 10.8 Å². The van der Waals surface area contributed by atoms with E-state index in [4.69, 9.17) is 11.8 Å². The highest BCUT2D eigenvalue weighted by Crippen LogP contribution is 2.16. The molecule has 10 heavy (non-hydrogen) atoms. The van der Waals surface area contributed by atoms with E-state index in [1.807, 2.05) is 5.01 Å². The van der Waals surface area contributed by atoms with Crippen LogP contribution >= 0.6 is 11.8 Å². The second-order valence-corrected chi connectivity index (χ2v) is 2.61. The van der Waals surface area contributed by atoms with Crippen molar-refractivity contribution in [2.75, 3.05) is 6.54 Å². The third kappa shape index (κ3) is 1.19. The molecule has 0 saturated carbocycles. The van der Waals surface area contributed by atoms with Gasteiger partial charge in [0.25, 0.3) is 0 Å². The summed E-state index contributed by atoms with van der Waals surface area (Å²) in [5.41, 5.74) is 0.